The maximum Gasteiger partial charge on any atom is 0.282 e. The zero-order valence-electron chi connectivity index (χ0n) is 22.4. The summed E-state index contributed by atoms with van der Waals surface area (Å²) in [6, 6.07) is 18.3. The van der Waals surface area contributed by atoms with E-state index < -0.39 is 0 Å². The minimum atomic E-state index is -0.278. The maximum absolute atomic E-state index is 13.4. The standard InChI is InChI=1S/C30H31BrN4O4/c1-5-20(4)29-34-25-13-10-22(31)16-24(25)30(37)35(29)32-17-21-9-14-26(27(15-21)38-6-2)39-18-28(36)33-23-11-7-19(3)8-12-23/h7-17,20H,5-6,18H2,1-4H3,(H,33,36)/t20-/m0/s1. The zero-order chi connectivity index (χ0) is 27.9. The van der Waals surface area contributed by atoms with Crippen molar-refractivity contribution in [3.8, 4) is 11.5 Å². The largest absolute Gasteiger partial charge is 0.490 e. The molecule has 4 aromatic rings. The van der Waals surface area contributed by atoms with Crippen molar-refractivity contribution in [2.75, 3.05) is 18.5 Å². The molecular formula is C30H31BrN4O4. The van der Waals surface area contributed by atoms with Crippen LogP contribution in [0.4, 0.5) is 5.69 Å². The van der Waals surface area contributed by atoms with E-state index >= 15 is 0 Å². The van der Waals surface area contributed by atoms with Gasteiger partial charge in [0.2, 0.25) is 0 Å². The first-order valence-electron chi connectivity index (χ1n) is 12.8. The van der Waals surface area contributed by atoms with Crippen molar-refractivity contribution in [2.24, 2.45) is 5.10 Å². The predicted molar refractivity (Wildman–Crippen MR) is 158 cm³/mol. The quantitative estimate of drug-likeness (QED) is 0.219. The Labute approximate surface area is 235 Å². The fourth-order valence-electron chi connectivity index (χ4n) is 3.87. The third-order valence-electron chi connectivity index (χ3n) is 6.17. The summed E-state index contributed by atoms with van der Waals surface area (Å²) in [5.41, 5.74) is 2.91. The van der Waals surface area contributed by atoms with Crippen LogP contribution in [0.3, 0.4) is 0 Å². The van der Waals surface area contributed by atoms with Gasteiger partial charge in [0.15, 0.2) is 18.1 Å². The highest BCUT2D eigenvalue weighted by molar-refractivity contribution is 9.10. The number of benzene rings is 3. The smallest absolute Gasteiger partial charge is 0.282 e. The van der Waals surface area contributed by atoms with E-state index in [1.54, 1.807) is 30.5 Å². The molecular weight excluding hydrogens is 560 g/mol. The third kappa shape index (κ3) is 6.92. The number of amides is 1. The Hall–Kier alpha value is -3.98. The van der Waals surface area contributed by atoms with Gasteiger partial charge in [-0.1, -0.05) is 47.5 Å². The van der Waals surface area contributed by atoms with Crippen molar-refractivity contribution < 1.29 is 14.3 Å². The lowest BCUT2D eigenvalue weighted by atomic mass is 10.1. The molecule has 0 unspecified atom stereocenters. The number of hydrogen-bond acceptors (Lipinski definition) is 6. The number of carbonyl (C=O) groups is 1. The first kappa shape index (κ1) is 28.0. The molecule has 1 heterocycles. The molecule has 0 bridgehead atoms. The molecule has 4 rings (SSSR count). The van der Waals surface area contributed by atoms with Crippen LogP contribution >= 0.6 is 15.9 Å². The van der Waals surface area contributed by atoms with Crippen molar-refractivity contribution >= 4 is 44.6 Å². The molecule has 0 saturated carbocycles. The summed E-state index contributed by atoms with van der Waals surface area (Å²) in [7, 11) is 0. The zero-order valence-corrected chi connectivity index (χ0v) is 24.0. The van der Waals surface area contributed by atoms with Gasteiger partial charge >= 0.3 is 0 Å². The van der Waals surface area contributed by atoms with Crippen molar-refractivity contribution in [1.82, 2.24) is 9.66 Å². The summed E-state index contributed by atoms with van der Waals surface area (Å²) in [6.45, 7) is 8.16. The minimum absolute atomic E-state index is 0.0312. The number of halogens is 1. The lowest BCUT2D eigenvalue weighted by molar-refractivity contribution is -0.118. The number of aromatic nitrogens is 2. The van der Waals surface area contributed by atoms with E-state index in [4.69, 9.17) is 14.5 Å². The van der Waals surface area contributed by atoms with Crippen LogP contribution in [0, 0.1) is 6.92 Å². The van der Waals surface area contributed by atoms with E-state index in [0.29, 0.717) is 46.1 Å². The molecule has 0 radical (unpaired) electrons. The van der Waals surface area contributed by atoms with Crippen LogP contribution in [-0.4, -0.2) is 35.0 Å². The Balaban J connectivity index is 1.57. The highest BCUT2D eigenvalue weighted by atomic mass is 79.9. The second-order valence-corrected chi connectivity index (χ2v) is 10.1. The van der Waals surface area contributed by atoms with E-state index in [1.807, 2.05) is 64.1 Å². The SMILES string of the molecule is CCOc1cc(C=Nn2c([C@@H](C)CC)nc3ccc(Br)cc3c2=O)ccc1OCC(=O)Nc1ccc(C)cc1. The van der Waals surface area contributed by atoms with Crippen molar-refractivity contribution in [2.45, 2.75) is 40.0 Å². The minimum Gasteiger partial charge on any atom is -0.490 e. The second-order valence-electron chi connectivity index (χ2n) is 9.14. The van der Waals surface area contributed by atoms with E-state index in [0.717, 1.165) is 16.5 Å². The van der Waals surface area contributed by atoms with Crippen LogP contribution in [0.5, 0.6) is 11.5 Å². The normalized spacial score (nSPS) is 12.0. The maximum atomic E-state index is 13.4. The van der Waals surface area contributed by atoms with Crippen LogP contribution in [-0.2, 0) is 4.79 Å². The Morgan fingerprint density at radius 2 is 1.85 bits per heavy atom. The molecule has 0 saturated heterocycles. The number of aryl methyl sites for hydroxylation is 1. The molecule has 0 aliphatic carbocycles. The first-order chi connectivity index (χ1) is 18.8. The highest BCUT2D eigenvalue weighted by Crippen LogP contribution is 2.28. The molecule has 3 aromatic carbocycles. The van der Waals surface area contributed by atoms with Crippen molar-refractivity contribution in [1.29, 1.82) is 0 Å². The molecule has 0 fully saturated rings. The van der Waals surface area contributed by atoms with E-state index in [1.165, 1.54) is 4.68 Å². The van der Waals surface area contributed by atoms with Gasteiger partial charge in [0.1, 0.15) is 5.82 Å². The first-order valence-corrected chi connectivity index (χ1v) is 13.6. The number of nitrogens with zero attached hydrogens (tertiary/aromatic N) is 3. The summed E-state index contributed by atoms with van der Waals surface area (Å²) < 4.78 is 13.7. The number of anilines is 1. The molecule has 0 spiro atoms. The van der Waals surface area contributed by atoms with Gasteiger partial charge in [-0.15, -0.1) is 0 Å². The van der Waals surface area contributed by atoms with Crippen molar-refractivity contribution in [3.05, 3.63) is 92.4 Å². The van der Waals surface area contributed by atoms with E-state index in [2.05, 4.69) is 26.3 Å². The number of fused-ring (bicyclic) bond motifs is 1. The van der Waals surface area contributed by atoms with Gasteiger partial charge in [-0.25, -0.2) is 4.98 Å². The molecule has 39 heavy (non-hydrogen) atoms. The molecule has 1 amide bonds. The summed E-state index contributed by atoms with van der Waals surface area (Å²) in [5.74, 6) is 1.25. The predicted octanol–water partition coefficient (Wildman–Crippen LogP) is 6.28. The number of hydrogen-bond donors (Lipinski definition) is 1. The Morgan fingerprint density at radius 1 is 1.08 bits per heavy atom. The monoisotopic (exact) mass is 590 g/mol. The van der Waals surface area contributed by atoms with Crippen LogP contribution in [0.1, 0.15) is 50.1 Å². The third-order valence-corrected chi connectivity index (χ3v) is 6.66. The second kappa shape index (κ2) is 12.7. The van der Waals surface area contributed by atoms with Gasteiger partial charge in [0.05, 0.1) is 23.7 Å². The van der Waals surface area contributed by atoms with E-state index in [-0.39, 0.29) is 24.0 Å². The summed E-state index contributed by atoms with van der Waals surface area (Å²) in [5, 5.41) is 7.82. The fraction of sp³-hybridized carbons (Fsp3) is 0.267. The Morgan fingerprint density at radius 3 is 2.56 bits per heavy atom. The molecule has 1 atom stereocenters. The molecule has 0 aliphatic heterocycles. The van der Waals surface area contributed by atoms with Gasteiger partial charge in [0.25, 0.3) is 11.5 Å². The van der Waals surface area contributed by atoms with Crippen LogP contribution in [0.25, 0.3) is 10.9 Å². The van der Waals surface area contributed by atoms with Crippen LogP contribution in [0.2, 0.25) is 0 Å². The molecule has 0 aliphatic rings. The van der Waals surface area contributed by atoms with Crippen LogP contribution < -0.4 is 20.3 Å². The van der Waals surface area contributed by atoms with Gasteiger partial charge in [-0.2, -0.15) is 9.78 Å². The molecule has 9 heteroatoms. The Kier molecular flexibility index (Phi) is 9.14. The van der Waals surface area contributed by atoms with Gasteiger partial charge in [-0.05, 0) is 74.4 Å². The average molecular weight is 592 g/mol. The molecule has 1 aromatic heterocycles. The van der Waals surface area contributed by atoms with Gasteiger partial charge in [-0.3, -0.25) is 9.59 Å². The molecule has 1 N–H and O–H groups in total. The van der Waals surface area contributed by atoms with E-state index in [9.17, 15) is 9.59 Å². The van der Waals surface area contributed by atoms with Crippen molar-refractivity contribution in [3.63, 3.8) is 0 Å². The molecule has 8 nitrogen and oxygen atoms in total. The summed E-state index contributed by atoms with van der Waals surface area (Å²) in [6.07, 6.45) is 2.40. The average Bonchev–Trinajstić information content (AvgIpc) is 2.93. The van der Waals surface area contributed by atoms with Gasteiger partial charge in [0, 0.05) is 16.1 Å². The number of ether oxygens (including phenoxy) is 2. The Bertz CT molecular complexity index is 1560. The number of carbonyl (C=O) groups excluding carboxylic acids is 1. The summed E-state index contributed by atoms with van der Waals surface area (Å²) >= 11 is 3.43. The summed E-state index contributed by atoms with van der Waals surface area (Å²) in [4.78, 5) is 30.5. The topological polar surface area (TPSA) is 94.8 Å². The highest BCUT2D eigenvalue weighted by Gasteiger charge is 2.16. The van der Waals surface area contributed by atoms with Gasteiger partial charge < -0.3 is 14.8 Å². The number of rotatable bonds is 10. The van der Waals surface area contributed by atoms with Crippen LogP contribution in [0.15, 0.2) is 75.0 Å². The lowest BCUT2D eigenvalue weighted by Gasteiger charge is -2.14. The lowest BCUT2D eigenvalue weighted by Crippen LogP contribution is -2.23. The number of nitrogens with one attached hydrogen (secondary N) is 1. The molecule has 202 valence electrons. The fourth-order valence-corrected chi connectivity index (χ4v) is 4.23.